The molecule has 1 aliphatic rings. The topological polar surface area (TPSA) is 69.4 Å². The molecule has 2 N–H and O–H groups in total. The van der Waals surface area contributed by atoms with E-state index in [2.05, 4.69) is 0 Å². The highest BCUT2D eigenvalue weighted by Crippen LogP contribution is 2.07. The van der Waals surface area contributed by atoms with Gasteiger partial charge in [0.25, 0.3) is 0 Å². The molecule has 0 aliphatic carbocycles. The van der Waals surface area contributed by atoms with Crippen LogP contribution in [0.1, 0.15) is 12.8 Å². The molecule has 66 valence electrons. The number of hydrogen-bond donors (Lipinski definition) is 1. The van der Waals surface area contributed by atoms with Gasteiger partial charge in [-0.25, -0.2) is 0 Å². The average Bonchev–Trinajstić information content (AvgIpc) is 1.85. The summed E-state index contributed by atoms with van der Waals surface area (Å²) in [6.07, 6.45) is 2.03. The van der Waals surface area contributed by atoms with Crippen molar-refractivity contribution in [1.29, 1.82) is 0 Å². The number of nitrogens with two attached hydrogens (primary N) is 1. The van der Waals surface area contributed by atoms with Gasteiger partial charge in [-0.2, -0.15) is 0 Å². The third-order valence-corrected chi connectivity index (χ3v) is 2.41. The van der Waals surface area contributed by atoms with E-state index in [1.165, 1.54) is 0 Å². The molecular formula is C6H13N2O2S-. The molecule has 1 rings (SSSR count). The summed E-state index contributed by atoms with van der Waals surface area (Å²) in [5.74, 6) is 0.133. The van der Waals surface area contributed by atoms with Crippen molar-refractivity contribution < 1.29 is 8.76 Å². The van der Waals surface area contributed by atoms with Crippen LogP contribution in [-0.2, 0) is 11.1 Å². The largest absolute Gasteiger partial charge is 0.771 e. The van der Waals surface area contributed by atoms with E-state index in [1.807, 2.05) is 4.90 Å². The fourth-order valence-electron chi connectivity index (χ4n) is 1.36. The van der Waals surface area contributed by atoms with E-state index in [1.54, 1.807) is 0 Å². The second kappa shape index (κ2) is 4.15. The van der Waals surface area contributed by atoms with Crippen LogP contribution in [0, 0.1) is 0 Å². The van der Waals surface area contributed by atoms with Crippen molar-refractivity contribution in [2.75, 3.05) is 19.0 Å². The Morgan fingerprint density at radius 2 is 2.45 bits per heavy atom. The summed E-state index contributed by atoms with van der Waals surface area (Å²) < 4.78 is 20.6. The zero-order valence-corrected chi connectivity index (χ0v) is 7.18. The van der Waals surface area contributed by atoms with Crippen molar-refractivity contribution in [3.05, 3.63) is 0 Å². The number of rotatable bonds is 2. The van der Waals surface area contributed by atoms with Gasteiger partial charge in [-0.05, 0) is 30.5 Å². The lowest BCUT2D eigenvalue weighted by molar-refractivity contribution is 0.236. The second-order valence-electron chi connectivity index (χ2n) is 2.91. The monoisotopic (exact) mass is 177 g/mol. The SMILES string of the molecule is NC1CCCN(CS(=O)[O-])C1. The average molecular weight is 177 g/mol. The molecule has 1 heterocycles. The molecule has 0 spiro atoms. The van der Waals surface area contributed by atoms with Gasteiger partial charge in [0.2, 0.25) is 0 Å². The first-order valence-electron chi connectivity index (χ1n) is 3.72. The maximum absolute atomic E-state index is 10.3. The molecule has 1 saturated heterocycles. The fraction of sp³-hybridized carbons (Fsp3) is 1.00. The van der Waals surface area contributed by atoms with Crippen LogP contribution in [0.15, 0.2) is 0 Å². The Morgan fingerprint density at radius 3 is 3.00 bits per heavy atom. The molecule has 0 aromatic rings. The zero-order chi connectivity index (χ0) is 8.27. The number of likely N-dealkylation sites (tertiary alicyclic amines) is 1. The quantitative estimate of drug-likeness (QED) is 0.563. The maximum atomic E-state index is 10.3. The lowest BCUT2D eigenvalue weighted by Gasteiger charge is -2.30. The van der Waals surface area contributed by atoms with E-state index >= 15 is 0 Å². The normalized spacial score (nSPS) is 30.2. The first kappa shape index (κ1) is 9.12. The Bertz CT molecular complexity index is 154. The summed E-state index contributed by atoms with van der Waals surface area (Å²) in [6.45, 7) is 1.58. The molecule has 11 heavy (non-hydrogen) atoms. The predicted octanol–water partition coefficient (Wildman–Crippen LogP) is -0.754. The maximum Gasteiger partial charge on any atom is 0.0614 e. The summed E-state index contributed by atoms with van der Waals surface area (Å²) >= 11 is -1.96. The summed E-state index contributed by atoms with van der Waals surface area (Å²) in [7, 11) is 0. The minimum absolute atomic E-state index is 0.133. The molecule has 5 heteroatoms. The standard InChI is InChI=1S/C6H14N2O2S/c7-6-2-1-3-8(4-6)5-11(9)10/h6H,1-5,7H2,(H,9,10)/p-1. The molecule has 0 radical (unpaired) electrons. The minimum atomic E-state index is -1.96. The number of piperidine rings is 1. The van der Waals surface area contributed by atoms with Crippen LogP contribution >= 0.6 is 0 Å². The highest BCUT2D eigenvalue weighted by molar-refractivity contribution is 7.79. The van der Waals surface area contributed by atoms with E-state index < -0.39 is 11.1 Å². The highest BCUT2D eigenvalue weighted by Gasteiger charge is 2.15. The summed E-state index contributed by atoms with van der Waals surface area (Å²) in [6, 6.07) is 0.160. The van der Waals surface area contributed by atoms with Gasteiger partial charge in [-0.1, -0.05) is 0 Å². The lowest BCUT2D eigenvalue weighted by Crippen LogP contribution is -2.43. The number of nitrogens with zero attached hydrogens (tertiary/aromatic N) is 1. The third kappa shape index (κ3) is 3.29. The van der Waals surface area contributed by atoms with Crippen molar-refractivity contribution in [2.45, 2.75) is 18.9 Å². The summed E-state index contributed by atoms with van der Waals surface area (Å²) in [4.78, 5) is 1.87. The van der Waals surface area contributed by atoms with Crippen molar-refractivity contribution >= 4 is 11.1 Å². The molecule has 2 unspecified atom stereocenters. The Morgan fingerprint density at radius 1 is 1.73 bits per heavy atom. The van der Waals surface area contributed by atoms with Gasteiger partial charge in [0.1, 0.15) is 0 Å². The van der Waals surface area contributed by atoms with Crippen molar-refractivity contribution in [3.63, 3.8) is 0 Å². The van der Waals surface area contributed by atoms with E-state index in [4.69, 9.17) is 5.73 Å². The Hall–Kier alpha value is 0.0300. The van der Waals surface area contributed by atoms with Crippen molar-refractivity contribution in [2.24, 2.45) is 5.73 Å². The Labute approximate surface area is 69.0 Å². The molecule has 0 amide bonds. The van der Waals surface area contributed by atoms with Gasteiger partial charge < -0.3 is 10.3 Å². The van der Waals surface area contributed by atoms with Crippen LogP contribution in [0.5, 0.6) is 0 Å². The van der Waals surface area contributed by atoms with Crippen LogP contribution < -0.4 is 5.73 Å². The molecule has 0 aromatic heterocycles. The van der Waals surface area contributed by atoms with Crippen LogP contribution in [-0.4, -0.2) is 38.7 Å². The van der Waals surface area contributed by atoms with Crippen molar-refractivity contribution in [3.8, 4) is 0 Å². The van der Waals surface area contributed by atoms with Gasteiger partial charge in [0.05, 0.1) is 5.88 Å². The molecule has 0 saturated carbocycles. The first-order valence-corrected chi connectivity index (χ1v) is 4.96. The highest BCUT2D eigenvalue weighted by atomic mass is 32.2. The molecule has 1 aliphatic heterocycles. The predicted molar refractivity (Wildman–Crippen MR) is 42.6 cm³/mol. The summed E-state index contributed by atoms with van der Waals surface area (Å²) in [5.41, 5.74) is 5.66. The Kier molecular flexibility index (Phi) is 3.45. The zero-order valence-electron chi connectivity index (χ0n) is 6.36. The van der Waals surface area contributed by atoms with Gasteiger partial charge in [-0.3, -0.25) is 9.11 Å². The molecule has 4 nitrogen and oxygen atoms in total. The van der Waals surface area contributed by atoms with Crippen LogP contribution in [0.2, 0.25) is 0 Å². The lowest BCUT2D eigenvalue weighted by atomic mass is 10.1. The molecule has 0 bridgehead atoms. The Balaban J connectivity index is 2.28. The van der Waals surface area contributed by atoms with E-state index in [9.17, 15) is 8.76 Å². The van der Waals surface area contributed by atoms with E-state index in [0.29, 0.717) is 6.54 Å². The fourth-order valence-corrected chi connectivity index (χ4v) is 1.89. The van der Waals surface area contributed by atoms with Gasteiger partial charge in [-0.15, -0.1) is 0 Å². The van der Waals surface area contributed by atoms with Gasteiger partial charge in [0, 0.05) is 12.6 Å². The third-order valence-electron chi connectivity index (χ3n) is 1.83. The number of hydrogen-bond acceptors (Lipinski definition) is 4. The van der Waals surface area contributed by atoms with Gasteiger partial charge >= 0.3 is 0 Å². The van der Waals surface area contributed by atoms with Gasteiger partial charge in [0.15, 0.2) is 0 Å². The van der Waals surface area contributed by atoms with E-state index in [-0.39, 0.29) is 11.9 Å². The summed E-state index contributed by atoms with van der Waals surface area (Å²) in [5, 5.41) is 0. The first-order chi connectivity index (χ1) is 5.18. The van der Waals surface area contributed by atoms with Crippen molar-refractivity contribution in [1.82, 2.24) is 4.90 Å². The smallest absolute Gasteiger partial charge is 0.0614 e. The molecule has 0 aromatic carbocycles. The van der Waals surface area contributed by atoms with Crippen LogP contribution in [0.25, 0.3) is 0 Å². The second-order valence-corrected chi connectivity index (χ2v) is 3.78. The molecule has 2 atom stereocenters. The van der Waals surface area contributed by atoms with Crippen LogP contribution in [0.3, 0.4) is 0 Å². The van der Waals surface area contributed by atoms with Crippen LogP contribution in [0.4, 0.5) is 0 Å². The minimum Gasteiger partial charge on any atom is -0.771 e. The molecule has 1 fully saturated rings. The molecular weight excluding hydrogens is 164 g/mol. The van der Waals surface area contributed by atoms with E-state index in [0.717, 1.165) is 19.4 Å².